The maximum atomic E-state index is 12.5. The number of para-hydroxylation sites is 1. The number of pyridine rings is 1. The molecule has 0 amide bonds. The summed E-state index contributed by atoms with van der Waals surface area (Å²) >= 11 is 1.99. The Bertz CT molecular complexity index is 718. The minimum absolute atomic E-state index is 0.189. The van der Waals surface area contributed by atoms with Gasteiger partial charge in [0.05, 0.1) is 5.52 Å². The van der Waals surface area contributed by atoms with Crippen LogP contribution >= 0.6 is 11.8 Å². The molecule has 19 heavy (non-hydrogen) atoms. The van der Waals surface area contributed by atoms with Crippen LogP contribution in [0.25, 0.3) is 10.9 Å². The molecule has 2 unspecified atom stereocenters. The second kappa shape index (κ2) is 4.14. The van der Waals surface area contributed by atoms with Gasteiger partial charge in [-0.25, -0.2) is 0 Å². The summed E-state index contributed by atoms with van der Waals surface area (Å²) in [7, 11) is 0. The Hall–Kier alpha value is -1.22. The molecular weight excluding hydrogens is 254 g/mol. The van der Waals surface area contributed by atoms with Crippen molar-refractivity contribution in [1.29, 1.82) is 0 Å². The first-order chi connectivity index (χ1) is 9.25. The van der Waals surface area contributed by atoms with E-state index in [0.29, 0.717) is 11.3 Å². The van der Waals surface area contributed by atoms with Crippen LogP contribution in [0.1, 0.15) is 37.3 Å². The number of hydrogen-bond acceptors (Lipinski definition) is 2. The van der Waals surface area contributed by atoms with E-state index in [9.17, 15) is 4.79 Å². The summed E-state index contributed by atoms with van der Waals surface area (Å²) in [4.78, 5) is 13.8. The molecule has 0 spiro atoms. The first-order valence-corrected chi connectivity index (χ1v) is 7.95. The quantitative estimate of drug-likeness (QED) is 0.725. The number of aromatic nitrogens is 1. The molecule has 4 rings (SSSR count). The van der Waals surface area contributed by atoms with E-state index in [1.54, 1.807) is 0 Å². The lowest BCUT2D eigenvalue weighted by atomic mass is 9.93. The molecule has 1 aliphatic carbocycles. The van der Waals surface area contributed by atoms with E-state index < -0.39 is 0 Å². The van der Waals surface area contributed by atoms with Crippen molar-refractivity contribution in [2.45, 2.75) is 48.8 Å². The predicted molar refractivity (Wildman–Crippen MR) is 80.1 cm³/mol. The molecule has 2 aliphatic rings. The summed E-state index contributed by atoms with van der Waals surface area (Å²) in [6.07, 6.45) is 4.96. The molecule has 1 aromatic carbocycles. The van der Waals surface area contributed by atoms with Crippen LogP contribution in [0.2, 0.25) is 0 Å². The largest absolute Gasteiger partial charge is 0.303 e. The summed E-state index contributed by atoms with van der Waals surface area (Å²) < 4.78 is 2.10. The van der Waals surface area contributed by atoms with Crippen molar-refractivity contribution in [1.82, 2.24) is 4.57 Å². The van der Waals surface area contributed by atoms with Gasteiger partial charge in [-0.05, 0) is 31.4 Å². The van der Waals surface area contributed by atoms with E-state index in [1.807, 2.05) is 24.8 Å². The second-order valence-corrected chi connectivity index (χ2v) is 6.98. The van der Waals surface area contributed by atoms with E-state index in [1.165, 1.54) is 35.1 Å². The summed E-state index contributed by atoms with van der Waals surface area (Å²) in [5.41, 5.74) is 2.48. The second-order valence-electron chi connectivity index (χ2n) is 5.70. The molecule has 1 fully saturated rings. The molecule has 1 saturated carbocycles. The first kappa shape index (κ1) is 11.6. The smallest absolute Gasteiger partial charge is 0.251 e. The Labute approximate surface area is 116 Å². The molecule has 0 saturated heterocycles. The van der Waals surface area contributed by atoms with Crippen LogP contribution in [0, 0.1) is 6.92 Å². The lowest BCUT2D eigenvalue weighted by Crippen LogP contribution is -2.36. The van der Waals surface area contributed by atoms with Gasteiger partial charge < -0.3 is 4.57 Å². The van der Waals surface area contributed by atoms with Gasteiger partial charge >= 0.3 is 0 Å². The van der Waals surface area contributed by atoms with Gasteiger partial charge in [-0.2, -0.15) is 0 Å². The highest BCUT2D eigenvalue weighted by Crippen LogP contribution is 2.46. The van der Waals surface area contributed by atoms with Gasteiger partial charge in [0, 0.05) is 27.6 Å². The average molecular weight is 271 g/mol. The van der Waals surface area contributed by atoms with Crippen molar-refractivity contribution < 1.29 is 0 Å². The molecule has 2 heterocycles. The Morgan fingerprint density at radius 2 is 2.11 bits per heavy atom. The van der Waals surface area contributed by atoms with Crippen LogP contribution in [0.4, 0.5) is 0 Å². The first-order valence-electron chi connectivity index (χ1n) is 7.07. The number of hydrogen-bond donors (Lipinski definition) is 0. The fraction of sp³-hybridized carbons (Fsp3) is 0.438. The fourth-order valence-corrected chi connectivity index (χ4v) is 5.13. The van der Waals surface area contributed by atoms with Crippen LogP contribution in [0.15, 0.2) is 34.0 Å². The van der Waals surface area contributed by atoms with Gasteiger partial charge in [0.1, 0.15) is 0 Å². The van der Waals surface area contributed by atoms with Gasteiger partial charge in [-0.1, -0.05) is 25.0 Å². The molecule has 2 aromatic rings. The Kier molecular flexibility index (Phi) is 2.52. The third-order valence-corrected chi connectivity index (χ3v) is 5.96. The zero-order valence-corrected chi connectivity index (χ0v) is 11.9. The van der Waals surface area contributed by atoms with Gasteiger partial charge in [-0.3, -0.25) is 4.79 Å². The highest BCUT2D eigenvalue weighted by molar-refractivity contribution is 8.00. The Morgan fingerprint density at radius 3 is 3.00 bits per heavy atom. The van der Waals surface area contributed by atoms with Crippen molar-refractivity contribution in [2.75, 3.05) is 0 Å². The normalized spacial score (nSPS) is 25.3. The van der Waals surface area contributed by atoms with Crippen molar-refractivity contribution >= 4 is 22.7 Å². The maximum Gasteiger partial charge on any atom is 0.251 e. The van der Waals surface area contributed by atoms with Crippen molar-refractivity contribution in [3.8, 4) is 0 Å². The van der Waals surface area contributed by atoms with Crippen molar-refractivity contribution in [3.63, 3.8) is 0 Å². The monoisotopic (exact) mass is 271 g/mol. The standard InChI is InChI=1S/C16H17NOS/c1-10-9-15(18)17-12-6-2-3-7-13(12)19-14-8-4-5-11(10)16(14)17/h4-5,8-9,12-13H,2-3,6-7H2,1H3. The van der Waals surface area contributed by atoms with Crippen LogP contribution in [-0.2, 0) is 0 Å². The number of fused-ring (bicyclic) bond motifs is 2. The number of aryl methyl sites for hydroxylation is 1. The number of thioether (sulfide) groups is 1. The highest BCUT2D eigenvalue weighted by Gasteiger charge is 2.33. The van der Waals surface area contributed by atoms with E-state index in [4.69, 9.17) is 0 Å². The number of benzene rings is 1. The molecule has 1 aliphatic heterocycles. The Morgan fingerprint density at radius 1 is 1.26 bits per heavy atom. The topological polar surface area (TPSA) is 22.0 Å². The number of nitrogens with zero attached hydrogens (tertiary/aromatic N) is 1. The molecule has 0 bridgehead atoms. The molecule has 0 radical (unpaired) electrons. The average Bonchev–Trinajstić information content (AvgIpc) is 2.42. The molecule has 0 N–H and O–H groups in total. The van der Waals surface area contributed by atoms with Crippen LogP contribution in [0.3, 0.4) is 0 Å². The lowest BCUT2D eigenvalue weighted by molar-refractivity contribution is 0.360. The maximum absolute atomic E-state index is 12.5. The summed E-state index contributed by atoms with van der Waals surface area (Å²) in [5, 5.41) is 1.83. The van der Waals surface area contributed by atoms with E-state index >= 15 is 0 Å². The van der Waals surface area contributed by atoms with Crippen LogP contribution < -0.4 is 5.56 Å². The molecule has 1 aromatic heterocycles. The minimum Gasteiger partial charge on any atom is -0.303 e. The third kappa shape index (κ3) is 1.61. The van der Waals surface area contributed by atoms with Crippen LogP contribution in [0.5, 0.6) is 0 Å². The zero-order chi connectivity index (χ0) is 13.0. The summed E-state index contributed by atoms with van der Waals surface area (Å²) in [6, 6.07) is 8.66. The van der Waals surface area contributed by atoms with Crippen molar-refractivity contribution in [2.24, 2.45) is 0 Å². The van der Waals surface area contributed by atoms with Crippen LogP contribution in [-0.4, -0.2) is 9.82 Å². The molecule has 98 valence electrons. The van der Waals surface area contributed by atoms with Gasteiger partial charge in [0.15, 0.2) is 0 Å². The molecule has 2 atom stereocenters. The van der Waals surface area contributed by atoms with Gasteiger partial charge in [0.2, 0.25) is 0 Å². The van der Waals surface area contributed by atoms with E-state index in [2.05, 4.69) is 22.8 Å². The predicted octanol–water partition coefficient (Wildman–Crippen LogP) is 3.90. The van der Waals surface area contributed by atoms with Gasteiger partial charge in [-0.15, -0.1) is 11.8 Å². The van der Waals surface area contributed by atoms with Gasteiger partial charge in [0.25, 0.3) is 5.56 Å². The number of rotatable bonds is 0. The fourth-order valence-electron chi connectivity index (χ4n) is 3.63. The van der Waals surface area contributed by atoms with Crippen molar-refractivity contribution in [3.05, 3.63) is 40.2 Å². The third-order valence-electron chi connectivity index (χ3n) is 4.52. The minimum atomic E-state index is 0.189. The summed E-state index contributed by atoms with van der Waals surface area (Å²) in [5.74, 6) is 0. The lowest BCUT2D eigenvalue weighted by Gasteiger charge is -2.37. The van der Waals surface area contributed by atoms with E-state index in [-0.39, 0.29) is 5.56 Å². The molecule has 2 nitrogen and oxygen atoms in total. The SMILES string of the molecule is Cc1cc(=O)n2c3c(cccc13)SC1CCCCC12. The molecule has 3 heteroatoms. The van der Waals surface area contributed by atoms with E-state index in [0.717, 1.165) is 12.0 Å². The summed E-state index contributed by atoms with van der Waals surface area (Å²) in [6.45, 7) is 2.04. The molecular formula is C16H17NOS. The highest BCUT2D eigenvalue weighted by atomic mass is 32.2. The Balaban J connectivity index is 2.10. The zero-order valence-electron chi connectivity index (χ0n) is 11.1.